The van der Waals surface area contributed by atoms with Crippen molar-refractivity contribution >= 4 is 35.8 Å². The molecule has 4 unspecified atom stereocenters. The largest absolute Gasteiger partial charge is 0.481 e. The maximum absolute atomic E-state index is 11.7. The molecular formula is C16H22O12. The topological polar surface area (TPSA) is 224 Å². The summed E-state index contributed by atoms with van der Waals surface area (Å²) in [6.45, 7) is 0. The van der Waals surface area contributed by atoms with Crippen molar-refractivity contribution in [2.45, 2.75) is 38.5 Å². The molecule has 0 aromatic heterocycles. The van der Waals surface area contributed by atoms with Crippen LogP contribution in [0.2, 0.25) is 0 Å². The summed E-state index contributed by atoms with van der Waals surface area (Å²) < 4.78 is 0. The van der Waals surface area contributed by atoms with Crippen molar-refractivity contribution in [3.05, 3.63) is 0 Å². The van der Waals surface area contributed by atoms with Crippen LogP contribution in [0.15, 0.2) is 0 Å². The summed E-state index contributed by atoms with van der Waals surface area (Å²) in [5, 5.41) is 54.8. The minimum atomic E-state index is -2.14. The number of aliphatic carboxylic acids is 6. The highest BCUT2D eigenvalue weighted by Crippen LogP contribution is 2.34. The maximum atomic E-state index is 11.7. The molecule has 0 bridgehead atoms. The highest BCUT2D eigenvalue weighted by molar-refractivity contribution is 5.88. The van der Waals surface area contributed by atoms with Gasteiger partial charge in [-0.15, -0.1) is 0 Å². The van der Waals surface area contributed by atoms with E-state index in [0.717, 1.165) is 0 Å². The predicted octanol–water partition coefficient (Wildman–Crippen LogP) is 0.299. The van der Waals surface area contributed by atoms with Gasteiger partial charge in [-0.1, -0.05) is 0 Å². The third kappa shape index (κ3) is 8.01. The molecule has 12 heteroatoms. The van der Waals surface area contributed by atoms with Crippen LogP contribution in [0, 0.1) is 23.7 Å². The van der Waals surface area contributed by atoms with Crippen molar-refractivity contribution in [2.24, 2.45) is 23.7 Å². The number of hydrogen-bond acceptors (Lipinski definition) is 6. The Bertz CT molecular complexity index is 571. The summed E-state index contributed by atoms with van der Waals surface area (Å²) in [4.78, 5) is 67.5. The van der Waals surface area contributed by atoms with E-state index < -0.39 is 85.2 Å². The highest BCUT2D eigenvalue weighted by Gasteiger charge is 2.48. The lowest BCUT2D eigenvalue weighted by molar-refractivity contribution is -0.168. The first-order valence-corrected chi connectivity index (χ1v) is 8.24. The van der Waals surface area contributed by atoms with Crippen LogP contribution in [0.1, 0.15) is 38.5 Å². The summed E-state index contributed by atoms with van der Waals surface area (Å²) >= 11 is 0. The average Bonchev–Trinajstić information content (AvgIpc) is 2.53. The van der Waals surface area contributed by atoms with Crippen LogP contribution in [-0.4, -0.2) is 66.5 Å². The molecule has 0 amide bonds. The van der Waals surface area contributed by atoms with Crippen molar-refractivity contribution in [2.75, 3.05) is 0 Å². The molecule has 0 heterocycles. The van der Waals surface area contributed by atoms with Gasteiger partial charge >= 0.3 is 35.8 Å². The molecule has 0 aromatic carbocycles. The van der Waals surface area contributed by atoms with Gasteiger partial charge in [0.15, 0.2) is 0 Å². The summed E-state index contributed by atoms with van der Waals surface area (Å²) in [6.07, 6.45) is -2.42. The number of carbonyl (C=O) groups is 6. The molecule has 0 aliphatic heterocycles. The SMILES string of the molecule is O=C(O)CCCC(C(=O)O)C(C(=O)O)C(C(=O)O)C(CCCC(=O)O)C(=O)O. The van der Waals surface area contributed by atoms with E-state index in [1.165, 1.54) is 0 Å². The normalized spacial score (nSPS) is 15.0. The molecule has 0 saturated carbocycles. The van der Waals surface area contributed by atoms with E-state index in [2.05, 4.69) is 0 Å². The van der Waals surface area contributed by atoms with Gasteiger partial charge in [0.1, 0.15) is 0 Å². The monoisotopic (exact) mass is 406 g/mol. The molecule has 0 aromatic rings. The Morgan fingerprint density at radius 2 is 0.786 bits per heavy atom. The van der Waals surface area contributed by atoms with Crippen LogP contribution in [0.4, 0.5) is 0 Å². The zero-order valence-corrected chi connectivity index (χ0v) is 14.7. The van der Waals surface area contributed by atoms with Crippen LogP contribution in [0.3, 0.4) is 0 Å². The van der Waals surface area contributed by atoms with Crippen LogP contribution < -0.4 is 0 Å². The summed E-state index contributed by atoms with van der Waals surface area (Å²) in [5.41, 5.74) is 0. The third-order valence-electron chi connectivity index (χ3n) is 4.27. The van der Waals surface area contributed by atoms with Gasteiger partial charge in [0.2, 0.25) is 0 Å². The predicted molar refractivity (Wildman–Crippen MR) is 87.5 cm³/mol. The van der Waals surface area contributed by atoms with E-state index in [1.807, 2.05) is 0 Å². The van der Waals surface area contributed by atoms with Gasteiger partial charge in [-0.25, -0.2) is 0 Å². The van der Waals surface area contributed by atoms with E-state index in [-0.39, 0.29) is 12.8 Å². The summed E-state index contributed by atoms with van der Waals surface area (Å²) in [7, 11) is 0. The Morgan fingerprint density at radius 1 is 0.500 bits per heavy atom. The van der Waals surface area contributed by atoms with Gasteiger partial charge in [0, 0.05) is 12.8 Å². The van der Waals surface area contributed by atoms with Gasteiger partial charge in [-0.2, -0.15) is 0 Å². The fourth-order valence-corrected chi connectivity index (χ4v) is 3.01. The molecule has 12 nitrogen and oxygen atoms in total. The molecule has 4 atom stereocenters. The third-order valence-corrected chi connectivity index (χ3v) is 4.27. The first-order chi connectivity index (χ1) is 12.9. The number of hydrogen-bond donors (Lipinski definition) is 6. The van der Waals surface area contributed by atoms with Crippen molar-refractivity contribution < 1.29 is 59.4 Å². The lowest BCUT2D eigenvalue weighted by atomic mass is 9.71. The standard InChI is InChI=1S/C16H22O12/c17-9(18)5-1-3-7(13(21)22)11(15(25)26)12(16(27)28)8(14(23)24)4-2-6-10(19)20/h7-8,11-12H,1-6H2,(H,17,18)(H,19,20)(H,21,22)(H,23,24)(H,25,26)(H,27,28). The highest BCUT2D eigenvalue weighted by atomic mass is 16.4. The minimum absolute atomic E-state index is 0.251. The molecule has 0 fully saturated rings. The average molecular weight is 406 g/mol. The zero-order valence-electron chi connectivity index (χ0n) is 14.7. The molecule has 6 N–H and O–H groups in total. The van der Waals surface area contributed by atoms with E-state index in [9.17, 15) is 49.2 Å². The smallest absolute Gasteiger partial charge is 0.308 e. The number of rotatable bonds is 15. The first kappa shape index (κ1) is 24.8. The Balaban J connectivity index is 5.84. The van der Waals surface area contributed by atoms with E-state index in [4.69, 9.17) is 10.2 Å². The summed E-state index contributed by atoms with van der Waals surface area (Å²) in [5.74, 6) is -17.6. The van der Waals surface area contributed by atoms with Crippen molar-refractivity contribution in [1.29, 1.82) is 0 Å². The fraction of sp³-hybridized carbons (Fsp3) is 0.625. The van der Waals surface area contributed by atoms with E-state index in [1.54, 1.807) is 0 Å². The lowest BCUT2D eigenvalue weighted by Crippen LogP contribution is -2.44. The maximum Gasteiger partial charge on any atom is 0.308 e. The van der Waals surface area contributed by atoms with Crippen LogP contribution in [0.25, 0.3) is 0 Å². The second kappa shape index (κ2) is 11.5. The molecule has 158 valence electrons. The quantitative estimate of drug-likeness (QED) is 0.216. The lowest BCUT2D eigenvalue weighted by Gasteiger charge is -2.29. The summed E-state index contributed by atoms with van der Waals surface area (Å²) in [6, 6.07) is 0. The molecule has 0 spiro atoms. The van der Waals surface area contributed by atoms with Crippen molar-refractivity contribution in [3.8, 4) is 0 Å². The second-order valence-corrected chi connectivity index (χ2v) is 6.19. The molecule has 0 saturated heterocycles. The molecule has 0 rings (SSSR count). The molecule has 0 aliphatic rings. The van der Waals surface area contributed by atoms with Crippen molar-refractivity contribution in [1.82, 2.24) is 0 Å². The Kier molecular flexibility index (Phi) is 10.2. The van der Waals surface area contributed by atoms with Gasteiger partial charge in [-0.3, -0.25) is 28.8 Å². The Labute approximate surface area is 158 Å². The first-order valence-electron chi connectivity index (χ1n) is 8.24. The van der Waals surface area contributed by atoms with Gasteiger partial charge in [0.25, 0.3) is 0 Å². The fourth-order valence-electron chi connectivity index (χ4n) is 3.01. The zero-order chi connectivity index (χ0) is 22.0. The molecule has 28 heavy (non-hydrogen) atoms. The van der Waals surface area contributed by atoms with E-state index in [0.29, 0.717) is 0 Å². The van der Waals surface area contributed by atoms with E-state index >= 15 is 0 Å². The van der Waals surface area contributed by atoms with Crippen LogP contribution >= 0.6 is 0 Å². The molecular weight excluding hydrogens is 384 g/mol. The second-order valence-electron chi connectivity index (χ2n) is 6.19. The van der Waals surface area contributed by atoms with Crippen LogP contribution in [-0.2, 0) is 28.8 Å². The van der Waals surface area contributed by atoms with Crippen LogP contribution in [0.5, 0.6) is 0 Å². The Hall–Kier alpha value is -3.18. The Morgan fingerprint density at radius 3 is 0.964 bits per heavy atom. The van der Waals surface area contributed by atoms with Gasteiger partial charge in [-0.05, 0) is 25.7 Å². The number of carboxylic acids is 6. The van der Waals surface area contributed by atoms with Crippen molar-refractivity contribution in [3.63, 3.8) is 0 Å². The minimum Gasteiger partial charge on any atom is -0.481 e. The van der Waals surface area contributed by atoms with Gasteiger partial charge < -0.3 is 30.6 Å². The number of carboxylic acid groups (broad SMARTS) is 6. The molecule has 0 radical (unpaired) electrons. The molecule has 0 aliphatic carbocycles. The van der Waals surface area contributed by atoms with Gasteiger partial charge in [0.05, 0.1) is 23.7 Å².